The molecule has 2 unspecified atom stereocenters. The van der Waals surface area contributed by atoms with Gasteiger partial charge >= 0.3 is 12.2 Å². The molecule has 1 N–H and O–H groups in total. The molecule has 0 spiro atoms. The lowest BCUT2D eigenvalue weighted by atomic mass is 9.78. The SMILES string of the molecule is O=C(O)N1CC(CC2c3ccccc3-c3ccccc32)N2C(=O)OC(c3ccccc3)(c3ccccc3)C2C1. The largest absolute Gasteiger partial charge is 0.465 e. The van der Waals surface area contributed by atoms with Gasteiger partial charge in [-0.2, -0.15) is 0 Å². The predicted molar refractivity (Wildman–Crippen MR) is 147 cm³/mol. The highest BCUT2D eigenvalue weighted by Crippen LogP contribution is 2.51. The van der Waals surface area contributed by atoms with E-state index < -0.39 is 23.8 Å². The summed E-state index contributed by atoms with van der Waals surface area (Å²) in [6, 6.07) is 35.3. The fourth-order valence-corrected chi connectivity index (χ4v) is 7.00. The standard InChI is InChI=1S/C33H28N2O4/c36-31(37)34-20-24(19-29-27-17-9-7-15-25(27)26-16-8-10-18-28(26)29)35-30(21-34)33(39-32(35)38,22-11-3-1-4-12-22)23-13-5-2-6-14-23/h1-18,24,29-30H,19-21H2,(H,36,37). The second-order valence-corrected chi connectivity index (χ2v) is 10.6. The Morgan fingerprint density at radius 2 is 1.28 bits per heavy atom. The summed E-state index contributed by atoms with van der Waals surface area (Å²) in [6.07, 6.45) is -0.785. The molecular weight excluding hydrogens is 488 g/mol. The average Bonchev–Trinajstić information content (AvgIpc) is 3.47. The maximum absolute atomic E-state index is 13.9. The molecule has 4 aromatic rings. The fourth-order valence-electron chi connectivity index (χ4n) is 7.00. The fraction of sp³-hybridized carbons (Fsp3) is 0.212. The number of hydrogen-bond acceptors (Lipinski definition) is 3. The molecule has 1 aliphatic carbocycles. The first kappa shape index (κ1) is 23.5. The van der Waals surface area contributed by atoms with Crippen molar-refractivity contribution in [3.8, 4) is 11.1 Å². The second-order valence-electron chi connectivity index (χ2n) is 10.6. The highest BCUT2D eigenvalue weighted by Gasteiger charge is 2.60. The quantitative estimate of drug-likeness (QED) is 0.345. The van der Waals surface area contributed by atoms with Gasteiger partial charge in [-0.15, -0.1) is 0 Å². The number of rotatable bonds is 4. The zero-order valence-electron chi connectivity index (χ0n) is 21.3. The first-order chi connectivity index (χ1) is 19.1. The van der Waals surface area contributed by atoms with Crippen molar-refractivity contribution in [1.29, 1.82) is 0 Å². The third-order valence-corrected chi connectivity index (χ3v) is 8.63. The van der Waals surface area contributed by atoms with Crippen molar-refractivity contribution in [2.45, 2.75) is 30.0 Å². The number of carbonyl (C=O) groups excluding carboxylic acids is 1. The van der Waals surface area contributed by atoms with Crippen LogP contribution in [0.15, 0.2) is 109 Å². The van der Waals surface area contributed by atoms with Crippen LogP contribution in [0.5, 0.6) is 0 Å². The van der Waals surface area contributed by atoms with E-state index in [1.54, 1.807) is 0 Å². The summed E-state index contributed by atoms with van der Waals surface area (Å²) in [4.78, 5) is 29.6. The van der Waals surface area contributed by atoms with Gasteiger partial charge in [0.25, 0.3) is 0 Å². The van der Waals surface area contributed by atoms with Crippen molar-refractivity contribution in [2.24, 2.45) is 0 Å². The van der Waals surface area contributed by atoms with Gasteiger partial charge in [0.05, 0.1) is 6.04 Å². The minimum Gasteiger partial charge on any atom is -0.465 e. The highest BCUT2D eigenvalue weighted by molar-refractivity contribution is 5.79. The Morgan fingerprint density at radius 1 is 0.769 bits per heavy atom. The number of benzene rings is 4. The Hall–Kier alpha value is -4.58. The zero-order valence-corrected chi connectivity index (χ0v) is 21.3. The smallest absolute Gasteiger partial charge is 0.411 e. The van der Waals surface area contributed by atoms with E-state index in [0.29, 0.717) is 6.42 Å². The summed E-state index contributed by atoms with van der Waals surface area (Å²) < 4.78 is 6.40. The number of carboxylic acid groups (broad SMARTS) is 1. The first-order valence-corrected chi connectivity index (χ1v) is 13.4. The van der Waals surface area contributed by atoms with Gasteiger partial charge in [-0.05, 0) is 28.7 Å². The van der Waals surface area contributed by atoms with Gasteiger partial charge < -0.3 is 14.7 Å². The number of piperazine rings is 1. The lowest BCUT2D eigenvalue weighted by Crippen LogP contribution is -2.62. The van der Waals surface area contributed by atoms with Crippen LogP contribution in [0.25, 0.3) is 11.1 Å². The van der Waals surface area contributed by atoms with Crippen LogP contribution in [0.2, 0.25) is 0 Å². The van der Waals surface area contributed by atoms with E-state index in [0.717, 1.165) is 11.1 Å². The van der Waals surface area contributed by atoms with Crippen LogP contribution < -0.4 is 0 Å². The molecular formula is C33H28N2O4. The Balaban J connectivity index is 1.35. The molecule has 2 heterocycles. The molecule has 194 valence electrons. The van der Waals surface area contributed by atoms with Crippen LogP contribution in [0.1, 0.15) is 34.6 Å². The molecule has 3 aliphatic rings. The van der Waals surface area contributed by atoms with Gasteiger partial charge in [-0.3, -0.25) is 4.90 Å². The molecule has 6 heteroatoms. The van der Waals surface area contributed by atoms with Crippen molar-refractivity contribution in [1.82, 2.24) is 9.80 Å². The molecule has 7 rings (SSSR count). The molecule has 2 atom stereocenters. The summed E-state index contributed by atoms with van der Waals surface area (Å²) in [5.74, 6) is 0.0491. The van der Waals surface area contributed by atoms with E-state index in [1.165, 1.54) is 27.2 Å². The van der Waals surface area contributed by atoms with Crippen LogP contribution in [0.4, 0.5) is 9.59 Å². The van der Waals surface area contributed by atoms with Gasteiger partial charge in [0, 0.05) is 30.1 Å². The third kappa shape index (κ3) is 3.55. The zero-order chi connectivity index (χ0) is 26.6. The van der Waals surface area contributed by atoms with Crippen molar-refractivity contribution >= 4 is 12.2 Å². The summed E-state index contributed by atoms with van der Waals surface area (Å²) in [5.41, 5.74) is 5.37. The van der Waals surface area contributed by atoms with Crippen molar-refractivity contribution in [3.63, 3.8) is 0 Å². The van der Waals surface area contributed by atoms with Crippen molar-refractivity contribution in [3.05, 3.63) is 131 Å². The highest BCUT2D eigenvalue weighted by atomic mass is 16.6. The molecule has 4 aromatic carbocycles. The number of carbonyl (C=O) groups is 2. The molecule has 2 amide bonds. The molecule has 0 radical (unpaired) electrons. The van der Waals surface area contributed by atoms with Crippen molar-refractivity contribution in [2.75, 3.05) is 13.1 Å². The maximum Gasteiger partial charge on any atom is 0.411 e. The molecule has 2 saturated heterocycles. The molecule has 2 aliphatic heterocycles. The van der Waals surface area contributed by atoms with Gasteiger partial charge in [-0.1, -0.05) is 109 Å². The van der Waals surface area contributed by atoms with E-state index in [4.69, 9.17) is 4.74 Å². The maximum atomic E-state index is 13.9. The summed E-state index contributed by atoms with van der Waals surface area (Å²) in [6.45, 7) is 0.403. The van der Waals surface area contributed by atoms with Gasteiger partial charge in [0.15, 0.2) is 5.60 Å². The number of fused-ring (bicyclic) bond motifs is 4. The van der Waals surface area contributed by atoms with E-state index in [2.05, 4.69) is 24.3 Å². The van der Waals surface area contributed by atoms with Gasteiger partial charge in [-0.25, -0.2) is 9.59 Å². The topological polar surface area (TPSA) is 70.1 Å². The lowest BCUT2D eigenvalue weighted by Gasteiger charge is -2.45. The number of hydrogen-bond donors (Lipinski definition) is 1. The first-order valence-electron chi connectivity index (χ1n) is 13.4. The number of cyclic esters (lactones) is 1. The molecule has 2 fully saturated rings. The van der Waals surface area contributed by atoms with E-state index >= 15 is 0 Å². The predicted octanol–water partition coefficient (Wildman–Crippen LogP) is 6.32. The van der Waals surface area contributed by atoms with E-state index in [9.17, 15) is 14.7 Å². The number of ether oxygens (including phenoxy) is 1. The van der Waals surface area contributed by atoms with Crippen LogP contribution in [-0.4, -0.2) is 52.3 Å². The molecule has 0 saturated carbocycles. The van der Waals surface area contributed by atoms with Crippen molar-refractivity contribution < 1.29 is 19.4 Å². The molecule has 0 aromatic heterocycles. The molecule has 39 heavy (non-hydrogen) atoms. The monoisotopic (exact) mass is 516 g/mol. The summed E-state index contributed by atoms with van der Waals surface area (Å²) in [5, 5.41) is 10.2. The van der Waals surface area contributed by atoms with Gasteiger partial charge in [0.2, 0.25) is 0 Å². The van der Waals surface area contributed by atoms with Crippen LogP contribution >= 0.6 is 0 Å². The normalized spacial score (nSPS) is 21.2. The minimum absolute atomic E-state index is 0.0491. The Kier molecular flexibility index (Phi) is 5.44. The van der Waals surface area contributed by atoms with E-state index in [-0.39, 0.29) is 25.0 Å². The molecule has 6 nitrogen and oxygen atoms in total. The lowest BCUT2D eigenvalue weighted by molar-refractivity contribution is 0.0261. The van der Waals surface area contributed by atoms with E-state index in [1.807, 2.05) is 89.8 Å². The summed E-state index contributed by atoms with van der Waals surface area (Å²) >= 11 is 0. The Bertz CT molecular complexity index is 1470. The Morgan fingerprint density at radius 3 is 1.82 bits per heavy atom. The van der Waals surface area contributed by atoms with Gasteiger partial charge in [0.1, 0.15) is 6.04 Å². The third-order valence-electron chi connectivity index (χ3n) is 8.63. The van der Waals surface area contributed by atoms with Crippen LogP contribution in [-0.2, 0) is 10.3 Å². The van der Waals surface area contributed by atoms with Crippen LogP contribution in [0.3, 0.4) is 0 Å². The molecule has 0 bridgehead atoms. The van der Waals surface area contributed by atoms with Crippen LogP contribution in [0, 0.1) is 0 Å². The summed E-state index contributed by atoms with van der Waals surface area (Å²) in [7, 11) is 0. The number of nitrogens with zero attached hydrogens (tertiary/aromatic N) is 2. The second kappa shape index (κ2) is 9.02. The minimum atomic E-state index is -1.13. The average molecular weight is 517 g/mol. The number of amides is 2. The Labute approximate surface area is 227 Å².